The van der Waals surface area contributed by atoms with Crippen LogP contribution in [0, 0.1) is 0 Å². The van der Waals surface area contributed by atoms with Gasteiger partial charge in [-0.05, 0) is 6.42 Å². The first-order valence-electron chi connectivity index (χ1n) is 6.01. The van der Waals surface area contributed by atoms with Crippen LogP contribution in [0.5, 0.6) is 0 Å². The van der Waals surface area contributed by atoms with E-state index in [4.69, 9.17) is 9.84 Å². The van der Waals surface area contributed by atoms with Gasteiger partial charge in [-0.25, -0.2) is 14.6 Å². The highest BCUT2D eigenvalue weighted by Gasteiger charge is 2.09. The molecule has 0 bridgehead atoms. The highest BCUT2D eigenvalue weighted by atomic mass is 32.1. The number of amides is 2. The summed E-state index contributed by atoms with van der Waals surface area (Å²) in [7, 11) is 0. The van der Waals surface area contributed by atoms with Crippen LogP contribution in [0.25, 0.3) is 0 Å². The molecule has 0 aliphatic rings. The second-order valence-corrected chi connectivity index (χ2v) is 4.67. The minimum absolute atomic E-state index is 0.0113. The molecule has 2 amide bonds. The molecule has 1 heterocycles. The van der Waals surface area contributed by atoms with Gasteiger partial charge in [0.15, 0.2) is 5.69 Å². The predicted molar refractivity (Wildman–Crippen MR) is 74.9 cm³/mol. The maximum Gasteiger partial charge on any atom is 0.355 e. The van der Waals surface area contributed by atoms with Crippen molar-refractivity contribution in [1.29, 1.82) is 0 Å². The number of carbonyl (C=O) groups is 2. The fraction of sp³-hybridized carbons (Fsp3) is 0.417. The van der Waals surface area contributed by atoms with Crippen LogP contribution in [0.15, 0.2) is 18.0 Å². The van der Waals surface area contributed by atoms with Crippen LogP contribution >= 0.6 is 11.3 Å². The third-order valence-corrected chi connectivity index (χ3v) is 3.02. The summed E-state index contributed by atoms with van der Waals surface area (Å²) >= 11 is 1.19. The maximum absolute atomic E-state index is 11.4. The van der Waals surface area contributed by atoms with Gasteiger partial charge in [0.2, 0.25) is 0 Å². The molecule has 0 saturated carbocycles. The van der Waals surface area contributed by atoms with Crippen LogP contribution in [-0.2, 0) is 11.3 Å². The van der Waals surface area contributed by atoms with Crippen molar-refractivity contribution in [3.8, 4) is 0 Å². The Morgan fingerprint density at radius 2 is 2.25 bits per heavy atom. The molecular weight excluding hydrogens is 282 g/mol. The zero-order valence-electron chi connectivity index (χ0n) is 10.9. The van der Waals surface area contributed by atoms with E-state index in [0.29, 0.717) is 24.8 Å². The number of hydrogen-bond acceptors (Lipinski definition) is 5. The molecule has 0 aliphatic carbocycles. The SMILES string of the molecule is C=CCCOCCNC(=O)NCc1nc(C(=O)O)cs1. The summed E-state index contributed by atoms with van der Waals surface area (Å²) in [6.07, 6.45) is 2.54. The first-order chi connectivity index (χ1) is 9.63. The average molecular weight is 299 g/mol. The number of hydrogen-bond donors (Lipinski definition) is 3. The van der Waals surface area contributed by atoms with Gasteiger partial charge in [-0.2, -0.15) is 0 Å². The molecule has 0 radical (unpaired) electrons. The minimum Gasteiger partial charge on any atom is -0.476 e. The molecular formula is C12H17N3O4S. The molecule has 7 nitrogen and oxygen atoms in total. The largest absolute Gasteiger partial charge is 0.476 e. The number of rotatable bonds is 9. The molecule has 0 unspecified atom stereocenters. The van der Waals surface area contributed by atoms with Crippen LogP contribution in [0.3, 0.4) is 0 Å². The van der Waals surface area contributed by atoms with E-state index in [2.05, 4.69) is 22.2 Å². The molecule has 110 valence electrons. The van der Waals surface area contributed by atoms with Gasteiger partial charge in [0.25, 0.3) is 0 Å². The normalized spacial score (nSPS) is 10.0. The molecule has 3 N–H and O–H groups in total. The van der Waals surface area contributed by atoms with E-state index in [1.165, 1.54) is 16.7 Å². The van der Waals surface area contributed by atoms with Gasteiger partial charge in [-0.15, -0.1) is 17.9 Å². The third kappa shape index (κ3) is 6.30. The van der Waals surface area contributed by atoms with Crippen molar-refractivity contribution in [3.63, 3.8) is 0 Å². The van der Waals surface area contributed by atoms with Gasteiger partial charge >= 0.3 is 12.0 Å². The molecule has 0 aliphatic heterocycles. The third-order valence-electron chi connectivity index (χ3n) is 2.17. The van der Waals surface area contributed by atoms with Crippen molar-refractivity contribution in [3.05, 3.63) is 28.7 Å². The monoisotopic (exact) mass is 299 g/mol. The van der Waals surface area contributed by atoms with Crippen molar-refractivity contribution in [2.45, 2.75) is 13.0 Å². The summed E-state index contributed by atoms with van der Waals surface area (Å²) in [6.45, 7) is 5.19. The summed E-state index contributed by atoms with van der Waals surface area (Å²) < 4.78 is 5.23. The molecule has 0 fully saturated rings. The standard InChI is InChI=1S/C12H17N3O4S/c1-2-3-5-19-6-4-13-12(18)14-7-10-15-9(8-20-10)11(16)17/h2,8H,1,3-7H2,(H,16,17)(H2,13,14,18). The zero-order chi connectivity index (χ0) is 14.8. The number of nitrogens with zero attached hydrogens (tertiary/aromatic N) is 1. The van der Waals surface area contributed by atoms with Crippen molar-refractivity contribution in [2.24, 2.45) is 0 Å². The molecule has 1 aromatic heterocycles. The molecule has 8 heteroatoms. The summed E-state index contributed by atoms with van der Waals surface area (Å²) in [5.74, 6) is -1.08. The molecule has 0 saturated heterocycles. The summed E-state index contributed by atoms with van der Waals surface area (Å²) in [5.41, 5.74) is -0.0113. The fourth-order valence-electron chi connectivity index (χ4n) is 1.21. The molecule has 0 spiro atoms. The zero-order valence-corrected chi connectivity index (χ0v) is 11.7. The first kappa shape index (κ1) is 16.1. The Hall–Kier alpha value is -1.93. The number of thiazole rings is 1. The number of carbonyl (C=O) groups excluding carboxylic acids is 1. The smallest absolute Gasteiger partial charge is 0.355 e. The Bertz CT molecular complexity index is 461. The van der Waals surface area contributed by atoms with Gasteiger partial charge in [-0.1, -0.05) is 6.08 Å². The lowest BCUT2D eigenvalue weighted by molar-refractivity contribution is 0.0691. The van der Waals surface area contributed by atoms with Crippen LogP contribution in [0.4, 0.5) is 4.79 Å². The number of carboxylic acids is 1. The van der Waals surface area contributed by atoms with Gasteiger partial charge < -0.3 is 20.5 Å². The van der Waals surface area contributed by atoms with Crippen molar-refractivity contribution < 1.29 is 19.4 Å². The van der Waals surface area contributed by atoms with E-state index in [-0.39, 0.29) is 18.3 Å². The van der Waals surface area contributed by atoms with Crippen molar-refractivity contribution in [1.82, 2.24) is 15.6 Å². The number of carboxylic acid groups (broad SMARTS) is 1. The lowest BCUT2D eigenvalue weighted by Gasteiger charge is -2.06. The fourth-order valence-corrected chi connectivity index (χ4v) is 1.92. The highest BCUT2D eigenvalue weighted by molar-refractivity contribution is 7.09. The van der Waals surface area contributed by atoms with Gasteiger partial charge in [0.05, 0.1) is 19.8 Å². The van der Waals surface area contributed by atoms with Gasteiger partial charge in [-0.3, -0.25) is 0 Å². The predicted octanol–water partition coefficient (Wildman–Crippen LogP) is 1.23. The van der Waals surface area contributed by atoms with Crippen LogP contribution in [0.1, 0.15) is 21.9 Å². The quantitative estimate of drug-likeness (QED) is 0.470. The highest BCUT2D eigenvalue weighted by Crippen LogP contribution is 2.08. The van der Waals surface area contributed by atoms with Crippen LogP contribution in [-0.4, -0.2) is 41.8 Å². The number of ether oxygens (including phenoxy) is 1. The second-order valence-electron chi connectivity index (χ2n) is 3.73. The Morgan fingerprint density at radius 1 is 1.45 bits per heavy atom. The summed E-state index contributed by atoms with van der Waals surface area (Å²) in [5, 5.41) is 15.9. The Morgan fingerprint density at radius 3 is 2.90 bits per heavy atom. The first-order valence-corrected chi connectivity index (χ1v) is 6.89. The van der Waals surface area contributed by atoms with E-state index < -0.39 is 5.97 Å². The van der Waals surface area contributed by atoms with Gasteiger partial charge in [0, 0.05) is 11.9 Å². The molecule has 1 aromatic rings. The summed E-state index contributed by atoms with van der Waals surface area (Å²) in [6, 6.07) is -0.343. The molecule has 0 aromatic carbocycles. The number of nitrogens with one attached hydrogen (secondary N) is 2. The Kier molecular flexibility index (Phi) is 7.30. The van der Waals surface area contributed by atoms with E-state index in [1.54, 1.807) is 6.08 Å². The Balaban J connectivity index is 2.13. The number of aromatic carboxylic acids is 1. The number of aromatic nitrogens is 1. The van der Waals surface area contributed by atoms with E-state index in [9.17, 15) is 9.59 Å². The van der Waals surface area contributed by atoms with Crippen LogP contribution in [0.2, 0.25) is 0 Å². The van der Waals surface area contributed by atoms with Crippen molar-refractivity contribution >= 4 is 23.3 Å². The second kappa shape index (κ2) is 9.05. The summed E-state index contributed by atoms with van der Waals surface area (Å²) in [4.78, 5) is 25.9. The van der Waals surface area contributed by atoms with Gasteiger partial charge in [0.1, 0.15) is 5.01 Å². The Labute approximate surface area is 120 Å². The molecule has 0 atom stereocenters. The molecule has 20 heavy (non-hydrogen) atoms. The average Bonchev–Trinajstić information content (AvgIpc) is 2.89. The topological polar surface area (TPSA) is 101 Å². The van der Waals surface area contributed by atoms with Crippen LogP contribution < -0.4 is 10.6 Å². The minimum atomic E-state index is -1.08. The molecule has 1 rings (SSSR count). The number of urea groups is 1. The van der Waals surface area contributed by atoms with E-state index in [1.807, 2.05) is 0 Å². The van der Waals surface area contributed by atoms with E-state index >= 15 is 0 Å². The van der Waals surface area contributed by atoms with Crippen molar-refractivity contribution in [2.75, 3.05) is 19.8 Å². The lowest BCUT2D eigenvalue weighted by atomic mass is 10.4. The van der Waals surface area contributed by atoms with E-state index in [0.717, 1.165) is 6.42 Å². The maximum atomic E-state index is 11.4. The lowest BCUT2D eigenvalue weighted by Crippen LogP contribution is -2.36.